The van der Waals surface area contributed by atoms with Gasteiger partial charge in [-0.15, -0.1) is 11.3 Å². The number of benzene rings is 1. The van der Waals surface area contributed by atoms with Crippen molar-refractivity contribution >= 4 is 22.7 Å². The zero-order chi connectivity index (χ0) is 13.0. The molecule has 0 unspecified atom stereocenters. The number of methoxy groups -OCH3 is 1. The first-order valence-corrected chi connectivity index (χ1v) is 6.79. The third-order valence-corrected chi connectivity index (χ3v) is 4.00. The number of thiophene rings is 1. The maximum atomic E-state index is 5.78. The molecule has 0 atom stereocenters. The van der Waals surface area contributed by atoms with Gasteiger partial charge in [-0.1, -0.05) is 6.92 Å². The van der Waals surface area contributed by atoms with Gasteiger partial charge < -0.3 is 15.8 Å². The largest absolute Gasteiger partial charge is 0.495 e. The molecule has 3 nitrogen and oxygen atoms in total. The maximum Gasteiger partial charge on any atom is 0.143 e. The van der Waals surface area contributed by atoms with Crippen LogP contribution in [0.25, 0.3) is 0 Å². The van der Waals surface area contributed by atoms with E-state index in [1.165, 1.54) is 9.75 Å². The van der Waals surface area contributed by atoms with Crippen molar-refractivity contribution in [2.45, 2.75) is 19.9 Å². The number of aryl methyl sites for hydroxylation is 1. The standard InChI is InChI=1S/C14H18N2OS/c1-3-11-5-6-12(18-11)9-16-10-4-7-13(15)14(8-10)17-2/h4-8,16H,3,9,15H2,1-2H3. The molecule has 2 rings (SSSR count). The molecule has 0 aliphatic carbocycles. The van der Waals surface area contributed by atoms with E-state index in [1.807, 2.05) is 29.5 Å². The Morgan fingerprint density at radius 1 is 1.22 bits per heavy atom. The van der Waals surface area contributed by atoms with Crippen molar-refractivity contribution in [1.29, 1.82) is 0 Å². The number of nitrogen functional groups attached to an aromatic ring is 1. The lowest BCUT2D eigenvalue weighted by molar-refractivity contribution is 0.417. The lowest BCUT2D eigenvalue weighted by Crippen LogP contribution is -1.99. The molecule has 96 valence electrons. The van der Waals surface area contributed by atoms with Gasteiger partial charge in [0.2, 0.25) is 0 Å². The zero-order valence-electron chi connectivity index (χ0n) is 10.7. The van der Waals surface area contributed by atoms with Crippen LogP contribution in [-0.2, 0) is 13.0 Å². The van der Waals surface area contributed by atoms with Crippen LogP contribution >= 0.6 is 11.3 Å². The van der Waals surface area contributed by atoms with Gasteiger partial charge in [-0.3, -0.25) is 0 Å². The molecule has 0 spiro atoms. The molecule has 1 aromatic heterocycles. The third-order valence-electron chi connectivity index (χ3n) is 2.77. The fraction of sp³-hybridized carbons (Fsp3) is 0.286. The highest BCUT2D eigenvalue weighted by Gasteiger charge is 2.02. The summed E-state index contributed by atoms with van der Waals surface area (Å²) in [5.74, 6) is 0.709. The predicted molar refractivity (Wildman–Crippen MR) is 78.4 cm³/mol. The smallest absolute Gasteiger partial charge is 0.143 e. The normalized spacial score (nSPS) is 10.3. The minimum atomic E-state index is 0.660. The summed E-state index contributed by atoms with van der Waals surface area (Å²) in [4.78, 5) is 2.75. The van der Waals surface area contributed by atoms with Crippen molar-refractivity contribution in [2.75, 3.05) is 18.2 Å². The highest BCUT2D eigenvalue weighted by molar-refractivity contribution is 7.12. The Balaban J connectivity index is 2.01. The molecule has 0 fully saturated rings. The number of ether oxygens (including phenoxy) is 1. The second kappa shape index (κ2) is 5.78. The van der Waals surface area contributed by atoms with E-state index in [1.54, 1.807) is 7.11 Å². The molecule has 0 aliphatic heterocycles. The van der Waals surface area contributed by atoms with Crippen molar-refractivity contribution in [1.82, 2.24) is 0 Å². The molecule has 0 amide bonds. The second-order valence-corrected chi connectivity index (χ2v) is 5.28. The Kier molecular flexibility index (Phi) is 4.10. The van der Waals surface area contributed by atoms with Gasteiger partial charge in [-0.05, 0) is 30.7 Å². The first-order valence-electron chi connectivity index (χ1n) is 5.98. The minimum Gasteiger partial charge on any atom is -0.495 e. The van der Waals surface area contributed by atoms with Crippen LogP contribution in [0.4, 0.5) is 11.4 Å². The number of anilines is 2. The van der Waals surface area contributed by atoms with Gasteiger partial charge in [-0.2, -0.15) is 0 Å². The average Bonchev–Trinajstić information content (AvgIpc) is 2.86. The van der Waals surface area contributed by atoms with Crippen LogP contribution in [0.15, 0.2) is 30.3 Å². The molecule has 18 heavy (non-hydrogen) atoms. The zero-order valence-corrected chi connectivity index (χ0v) is 11.5. The summed E-state index contributed by atoms with van der Waals surface area (Å²) in [5, 5.41) is 3.38. The van der Waals surface area contributed by atoms with E-state index in [4.69, 9.17) is 10.5 Å². The average molecular weight is 262 g/mol. The van der Waals surface area contributed by atoms with E-state index in [-0.39, 0.29) is 0 Å². The van der Waals surface area contributed by atoms with Crippen molar-refractivity contribution in [3.05, 3.63) is 40.1 Å². The van der Waals surface area contributed by atoms with E-state index < -0.39 is 0 Å². The van der Waals surface area contributed by atoms with Crippen LogP contribution in [-0.4, -0.2) is 7.11 Å². The molecule has 0 radical (unpaired) electrons. The van der Waals surface area contributed by atoms with Crippen LogP contribution in [0.2, 0.25) is 0 Å². The number of nitrogens with one attached hydrogen (secondary N) is 1. The summed E-state index contributed by atoms with van der Waals surface area (Å²) < 4.78 is 5.20. The molecular formula is C14H18N2OS. The van der Waals surface area contributed by atoms with Gasteiger partial charge in [0.15, 0.2) is 0 Å². The van der Waals surface area contributed by atoms with Gasteiger partial charge in [-0.25, -0.2) is 0 Å². The van der Waals surface area contributed by atoms with Crippen LogP contribution in [0.1, 0.15) is 16.7 Å². The monoisotopic (exact) mass is 262 g/mol. The lowest BCUT2D eigenvalue weighted by atomic mass is 10.2. The highest BCUT2D eigenvalue weighted by Crippen LogP contribution is 2.26. The second-order valence-electron chi connectivity index (χ2n) is 4.03. The summed E-state index contributed by atoms with van der Waals surface area (Å²) >= 11 is 1.85. The molecule has 4 heteroatoms. The summed E-state index contributed by atoms with van der Waals surface area (Å²) in [6.45, 7) is 3.01. The first-order chi connectivity index (χ1) is 8.72. The number of hydrogen-bond donors (Lipinski definition) is 2. The fourth-order valence-electron chi connectivity index (χ4n) is 1.72. The van der Waals surface area contributed by atoms with E-state index in [9.17, 15) is 0 Å². The number of rotatable bonds is 5. The Morgan fingerprint density at radius 3 is 2.67 bits per heavy atom. The molecule has 0 saturated carbocycles. The van der Waals surface area contributed by atoms with Crippen molar-refractivity contribution in [3.8, 4) is 5.75 Å². The minimum absolute atomic E-state index is 0.660. The summed E-state index contributed by atoms with van der Waals surface area (Å²) in [7, 11) is 1.63. The molecule has 1 heterocycles. The Morgan fingerprint density at radius 2 is 2.00 bits per heavy atom. The molecule has 2 aromatic rings. The maximum absolute atomic E-state index is 5.78. The van der Waals surface area contributed by atoms with Crippen LogP contribution < -0.4 is 15.8 Å². The van der Waals surface area contributed by atoms with Gasteiger partial charge in [0.1, 0.15) is 5.75 Å². The van der Waals surface area contributed by atoms with E-state index >= 15 is 0 Å². The van der Waals surface area contributed by atoms with Gasteiger partial charge in [0.05, 0.1) is 12.8 Å². The quantitative estimate of drug-likeness (QED) is 0.811. The van der Waals surface area contributed by atoms with Crippen LogP contribution in [0.5, 0.6) is 5.75 Å². The van der Waals surface area contributed by atoms with Gasteiger partial charge in [0, 0.05) is 28.1 Å². The SMILES string of the molecule is CCc1ccc(CNc2ccc(N)c(OC)c2)s1. The Hall–Kier alpha value is -1.68. The van der Waals surface area contributed by atoms with Crippen molar-refractivity contribution < 1.29 is 4.74 Å². The van der Waals surface area contributed by atoms with Crippen molar-refractivity contribution in [3.63, 3.8) is 0 Å². The Labute approximate surface area is 112 Å². The summed E-state index contributed by atoms with van der Waals surface area (Å²) in [6.07, 6.45) is 1.10. The van der Waals surface area contributed by atoms with Crippen LogP contribution in [0, 0.1) is 0 Å². The molecular weight excluding hydrogens is 244 g/mol. The summed E-state index contributed by atoms with van der Waals surface area (Å²) in [6, 6.07) is 10.1. The van der Waals surface area contributed by atoms with Crippen molar-refractivity contribution in [2.24, 2.45) is 0 Å². The third kappa shape index (κ3) is 2.96. The predicted octanol–water partition coefficient (Wildman–Crippen LogP) is 3.51. The molecule has 3 N–H and O–H groups in total. The molecule has 0 saturated heterocycles. The molecule has 0 aliphatic rings. The topological polar surface area (TPSA) is 47.3 Å². The van der Waals surface area contributed by atoms with Crippen LogP contribution in [0.3, 0.4) is 0 Å². The first kappa shape index (κ1) is 12.8. The molecule has 0 bridgehead atoms. The van der Waals surface area contributed by atoms with Gasteiger partial charge in [0.25, 0.3) is 0 Å². The highest BCUT2D eigenvalue weighted by atomic mass is 32.1. The molecule has 1 aromatic carbocycles. The van der Waals surface area contributed by atoms with Gasteiger partial charge >= 0.3 is 0 Å². The summed E-state index contributed by atoms with van der Waals surface area (Å²) in [5.41, 5.74) is 7.46. The Bertz CT molecular complexity index is 522. The van der Waals surface area contributed by atoms with E-state index in [2.05, 4.69) is 24.4 Å². The van der Waals surface area contributed by atoms with E-state index in [0.717, 1.165) is 18.7 Å². The lowest BCUT2D eigenvalue weighted by Gasteiger charge is -2.09. The number of hydrogen-bond acceptors (Lipinski definition) is 4. The van der Waals surface area contributed by atoms with E-state index in [0.29, 0.717) is 11.4 Å². The fourth-order valence-corrected chi connectivity index (χ4v) is 2.62. The number of nitrogens with two attached hydrogens (primary N) is 1.